The Bertz CT molecular complexity index is 429. The van der Waals surface area contributed by atoms with Gasteiger partial charge in [-0.2, -0.15) is 0 Å². The molecule has 100 valence electrons. The van der Waals surface area contributed by atoms with Gasteiger partial charge in [-0.3, -0.25) is 0 Å². The zero-order chi connectivity index (χ0) is 13.8. The van der Waals surface area contributed by atoms with E-state index in [4.69, 9.17) is 14.6 Å². The number of ether oxygens (including phenoxy) is 2. The number of hydrogen-bond donors (Lipinski definition) is 1. The number of rotatable bonds is 6. The van der Waals surface area contributed by atoms with Crippen LogP contribution in [0.3, 0.4) is 0 Å². The molecule has 0 atom stereocenters. The third-order valence-electron chi connectivity index (χ3n) is 2.70. The Kier molecular flexibility index (Phi) is 4.67. The molecule has 0 bridgehead atoms. The van der Waals surface area contributed by atoms with Crippen molar-refractivity contribution in [3.8, 4) is 5.75 Å². The van der Waals surface area contributed by atoms with Crippen LogP contribution >= 0.6 is 0 Å². The van der Waals surface area contributed by atoms with Crippen LogP contribution in [0.4, 0.5) is 4.39 Å². The molecule has 0 aliphatic rings. The van der Waals surface area contributed by atoms with E-state index in [2.05, 4.69) is 0 Å². The second-order valence-corrected chi connectivity index (χ2v) is 4.48. The number of benzene rings is 1. The van der Waals surface area contributed by atoms with E-state index < -0.39 is 17.4 Å². The molecule has 0 aliphatic carbocycles. The lowest BCUT2D eigenvalue weighted by atomic mass is 10.1. The quantitative estimate of drug-likeness (QED) is 0.850. The summed E-state index contributed by atoms with van der Waals surface area (Å²) in [5.74, 6) is -2.11. The highest BCUT2D eigenvalue weighted by Gasteiger charge is 2.19. The molecular formula is C13H17FO4. The minimum atomic E-state index is -1.21. The SMILES string of the molecule is COC(C)(C)CCOc1c(F)cccc1C(=O)O. The van der Waals surface area contributed by atoms with Crippen LogP contribution in [0.1, 0.15) is 30.6 Å². The van der Waals surface area contributed by atoms with Crippen LogP contribution < -0.4 is 4.74 Å². The largest absolute Gasteiger partial charge is 0.489 e. The molecule has 0 amide bonds. The van der Waals surface area contributed by atoms with Gasteiger partial charge < -0.3 is 14.6 Å². The number of para-hydroxylation sites is 1. The molecule has 0 fully saturated rings. The molecule has 0 spiro atoms. The first-order valence-corrected chi connectivity index (χ1v) is 5.57. The molecule has 0 radical (unpaired) electrons. The van der Waals surface area contributed by atoms with Crippen LogP contribution in [0.25, 0.3) is 0 Å². The van der Waals surface area contributed by atoms with Crippen molar-refractivity contribution in [3.05, 3.63) is 29.6 Å². The molecule has 1 rings (SSSR count). The molecule has 18 heavy (non-hydrogen) atoms. The van der Waals surface area contributed by atoms with Gasteiger partial charge in [-0.1, -0.05) is 6.07 Å². The highest BCUT2D eigenvalue weighted by Crippen LogP contribution is 2.24. The summed E-state index contributed by atoms with van der Waals surface area (Å²) in [4.78, 5) is 10.9. The highest BCUT2D eigenvalue weighted by molar-refractivity contribution is 5.90. The first-order chi connectivity index (χ1) is 8.37. The normalized spacial score (nSPS) is 11.3. The Labute approximate surface area is 105 Å². The number of carbonyl (C=O) groups is 1. The fraction of sp³-hybridized carbons (Fsp3) is 0.462. The molecule has 0 saturated carbocycles. The second-order valence-electron chi connectivity index (χ2n) is 4.48. The number of methoxy groups -OCH3 is 1. The van der Waals surface area contributed by atoms with Crippen LogP contribution in [-0.2, 0) is 4.74 Å². The van der Waals surface area contributed by atoms with E-state index in [0.717, 1.165) is 0 Å². The summed E-state index contributed by atoms with van der Waals surface area (Å²) in [6, 6.07) is 3.82. The fourth-order valence-corrected chi connectivity index (χ4v) is 1.32. The maximum Gasteiger partial charge on any atom is 0.339 e. The number of hydrogen-bond acceptors (Lipinski definition) is 3. The topological polar surface area (TPSA) is 55.8 Å². The van der Waals surface area contributed by atoms with Crippen LogP contribution in [-0.4, -0.2) is 30.4 Å². The minimum Gasteiger partial charge on any atom is -0.489 e. The summed E-state index contributed by atoms with van der Waals surface area (Å²) >= 11 is 0. The molecule has 0 aliphatic heterocycles. The standard InChI is InChI=1S/C13H17FO4/c1-13(2,17-3)7-8-18-11-9(12(15)16)5-4-6-10(11)14/h4-6H,7-8H2,1-3H3,(H,15,16). The summed E-state index contributed by atoms with van der Waals surface area (Å²) in [6.07, 6.45) is 0.525. The number of halogens is 1. The lowest BCUT2D eigenvalue weighted by molar-refractivity contribution is 0.00505. The summed E-state index contributed by atoms with van der Waals surface area (Å²) < 4.78 is 23.9. The zero-order valence-electron chi connectivity index (χ0n) is 10.7. The van der Waals surface area contributed by atoms with Gasteiger partial charge in [0.15, 0.2) is 11.6 Å². The first-order valence-electron chi connectivity index (χ1n) is 5.57. The van der Waals surface area contributed by atoms with E-state index >= 15 is 0 Å². The van der Waals surface area contributed by atoms with E-state index in [1.54, 1.807) is 7.11 Å². The van der Waals surface area contributed by atoms with E-state index in [1.807, 2.05) is 13.8 Å². The van der Waals surface area contributed by atoms with Crippen molar-refractivity contribution in [2.45, 2.75) is 25.9 Å². The summed E-state index contributed by atoms with van der Waals surface area (Å²) in [7, 11) is 1.58. The summed E-state index contributed by atoms with van der Waals surface area (Å²) in [5.41, 5.74) is -0.570. The van der Waals surface area contributed by atoms with Crippen LogP contribution in [0, 0.1) is 5.82 Å². The highest BCUT2D eigenvalue weighted by atomic mass is 19.1. The van der Waals surface area contributed by atoms with Gasteiger partial charge in [0.1, 0.15) is 5.56 Å². The van der Waals surface area contributed by atoms with Crippen molar-refractivity contribution < 1.29 is 23.8 Å². The smallest absolute Gasteiger partial charge is 0.339 e. The van der Waals surface area contributed by atoms with Crippen molar-refractivity contribution in [3.63, 3.8) is 0 Å². The molecular weight excluding hydrogens is 239 g/mol. The average Bonchev–Trinajstić information content (AvgIpc) is 2.30. The minimum absolute atomic E-state index is 0.176. The van der Waals surface area contributed by atoms with E-state index in [9.17, 15) is 9.18 Å². The van der Waals surface area contributed by atoms with Gasteiger partial charge in [-0.25, -0.2) is 9.18 Å². The summed E-state index contributed by atoms with van der Waals surface area (Å²) in [6.45, 7) is 3.92. The number of carboxylic acids is 1. The molecule has 5 heteroatoms. The monoisotopic (exact) mass is 256 g/mol. The predicted octanol–water partition coefficient (Wildman–Crippen LogP) is 2.72. The number of aromatic carboxylic acids is 1. The van der Waals surface area contributed by atoms with Crippen molar-refractivity contribution in [2.24, 2.45) is 0 Å². The zero-order valence-corrected chi connectivity index (χ0v) is 10.7. The molecule has 1 N–H and O–H groups in total. The maximum atomic E-state index is 13.5. The Morgan fingerprint density at radius 3 is 2.67 bits per heavy atom. The third kappa shape index (κ3) is 3.70. The Hall–Kier alpha value is -1.62. The van der Waals surface area contributed by atoms with E-state index in [-0.39, 0.29) is 17.9 Å². The van der Waals surface area contributed by atoms with E-state index in [0.29, 0.717) is 6.42 Å². The Morgan fingerprint density at radius 1 is 1.44 bits per heavy atom. The van der Waals surface area contributed by atoms with Gasteiger partial charge in [-0.05, 0) is 26.0 Å². The third-order valence-corrected chi connectivity index (χ3v) is 2.70. The van der Waals surface area contributed by atoms with Crippen molar-refractivity contribution in [1.82, 2.24) is 0 Å². The second kappa shape index (κ2) is 5.82. The maximum absolute atomic E-state index is 13.5. The molecule has 1 aromatic carbocycles. The molecule has 4 nitrogen and oxygen atoms in total. The molecule has 0 unspecified atom stereocenters. The van der Waals surface area contributed by atoms with E-state index in [1.165, 1.54) is 18.2 Å². The van der Waals surface area contributed by atoms with Crippen LogP contribution in [0.2, 0.25) is 0 Å². The lowest BCUT2D eigenvalue weighted by Gasteiger charge is -2.22. The first kappa shape index (κ1) is 14.4. The van der Waals surface area contributed by atoms with Gasteiger partial charge in [0.05, 0.1) is 12.2 Å². The Morgan fingerprint density at radius 2 is 2.11 bits per heavy atom. The van der Waals surface area contributed by atoms with Gasteiger partial charge in [0.25, 0.3) is 0 Å². The lowest BCUT2D eigenvalue weighted by Crippen LogP contribution is -2.25. The van der Waals surface area contributed by atoms with Crippen molar-refractivity contribution in [1.29, 1.82) is 0 Å². The molecule has 1 aromatic rings. The van der Waals surface area contributed by atoms with Crippen LogP contribution in [0.15, 0.2) is 18.2 Å². The van der Waals surface area contributed by atoms with Gasteiger partial charge in [0, 0.05) is 13.5 Å². The average molecular weight is 256 g/mol. The predicted molar refractivity (Wildman–Crippen MR) is 64.6 cm³/mol. The molecule has 0 heterocycles. The van der Waals surface area contributed by atoms with Gasteiger partial charge >= 0.3 is 5.97 Å². The van der Waals surface area contributed by atoms with Crippen LogP contribution in [0.5, 0.6) is 5.75 Å². The fourth-order valence-electron chi connectivity index (χ4n) is 1.32. The summed E-state index contributed by atoms with van der Waals surface area (Å²) in [5, 5.41) is 8.92. The van der Waals surface area contributed by atoms with Crippen molar-refractivity contribution >= 4 is 5.97 Å². The molecule has 0 saturated heterocycles. The number of carboxylic acid groups (broad SMARTS) is 1. The molecule has 0 aromatic heterocycles. The Balaban J connectivity index is 2.76. The van der Waals surface area contributed by atoms with Gasteiger partial charge in [0.2, 0.25) is 0 Å². The van der Waals surface area contributed by atoms with Gasteiger partial charge in [-0.15, -0.1) is 0 Å². The van der Waals surface area contributed by atoms with Crippen molar-refractivity contribution in [2.75, 3.05) is 13.7 Å².